The van der Waals surface area contributed by atoms with Crippen molar-refractivity contribution in [2.75, 3.05) is 33.0 Å². The van der Waals surface area contributed by atoms with Gasteiger partial charge in [-0.3, -0.25) is 14.5 Å². The zero-order valence-corrected chi connectivity index (χ0v) is 15.2. The summed E-state index contributed by atoms with van der Waals surface area (Å²) >= 11 is 0. The molecule has 0 saturated heterocycles. The zero-order chi connectivity index (χ0) is 18.4. The van der Waals surface area contributed by atoms with Gasteiger partial charge in [0.25, 0.3) is 5.91 Å². The number of nitrogens with zero attached hydrogens (tertiary/aromatic N) is 2. The second kappa shape index (κ2) is 8.44. The van der Waals surface area contributed by atoms with Crippen LogP contribution < -0.4 is 5.32 Å². The average Bonchev–Trinajstić information content (AvgIpc) is 2.61. The summed E-state index contributed by atoms with van der Waals surface area (Å²) in [7, 11) is 5.32. The van der Waals surface area contributed by atoms with Gasteiger partial charge in [-0.1, -0.05) is 36.4 Å². The number of amides is 2. The molecule has 0 aliphatic rings. The fraction of sp³-hybridized carbons (Fsp3) is 0.300. The Morgan fingerprint density at radius 3 is 2.32 bits per heavy atom. The molecule has 5 nitrogen and oxygen atoms in total. The molecule has 5 heteroatoms. The maximum atomic E-state index is 12.3. The molecule has 0 bridgehead atoms. The standard InChI is InChI=1S/C20H25N3O2/c1-15(16-9-6-5-7-10-16)23(4)14-19(24)21-18-12-8-11-17(13-18)20(25)22(2)3/h5-13,15H,14H2,1-4H3,(H,21,24)/t15-/m0/s1. The molecule has 0 heterocycles. The summed E-state index contributed by atoms with van der Waals surface area (Å²) in [5.41, 5.74) is 2.34. The molecule has 0 spiro atoms. The normalized spacial score (nSPS) is 11.9. The first-order valence-corrected chi connectivity index (χ1v) is 8.25. The number of hydrogen-bond donors (Lipinski definition) is 1. The van der Waals surface area contributed by atoms with E-state index in [9.17, 15) is 9.59 Å². The molecule has 0 saturated carbocycles. The Hall–Kier alpha value is -2.66. The molecule has 0 fully saturated rings. The molecule has 1 N–H and O–H groups in total. The highest BCUT2D eigenvalue weighted by molar-refractivity contribution is 5.97. The van der Waals surface area contributed by atoms with Crippen molar-refractivity contribution in [1.82, 2.24) is 9.80 Å². The molecule has 0 aromatic heterocycles. The third-order valence-electron chi connectivity index (χ3n) is 4.14. The van der Waals surface area contributed by atoms with Crippen LogP contribution in [-0.4, -0.2) is 49.3 Å². The van der Waals surface area contributed by atoms with Crippen molar-refractivity contribution >= 4 is 17.5 Å². The molecular weight excluding hydrogens is 314 g/mol. The highest BCUT2D eigenvalue weighted by atomic mass is 16.2. The Labute approximate surface area is 149 Å². The molecule has 132 valence electrons. The Morgan fingerprint density at radius 1 is 1.00 bits per heavy atom. The van der Waals surface area contributed by atoms with Crippen LogP contribution in [0.5, 0.6) is 0 Å². The van der Waals surface area contributed by atoms with Crippen molar-refractivity contribution in [2.45, 2.75) is 13.0 Å². The van der Waals surface area contributed by atoms with Gasteiger partial charge >= 0.3 is 0 Å². The van der Waals surface area contributed by atoms with Gasteiger partial charge in [0, 0.05) is 31.4 Å². The number of benzene rings is 2. The number of likely N-dealkylation sites (N-methyl/N-ethyl adjacent to an activating group) is 1. The minimum atomic E-state index is -0.111. The highest BCUT2D eigenvalue weighted by Gasteiger charge is 2.15. The van der Waals surface area contributed by atoms with Gasteiger partial charge in [0.2, 0.25) is 5.91 Å². The number of carbonyl (C=O) groups is 2. The van der Waals surface area contributed by atoms with Crippen LogP contribution in [-0.2, 0) is 4.79 Å². The van der Waals surface area contributed by atoms with Gasteiger partial charge in [-0.2, -0.15) is 0 Å². The first-order chi connectivity index (χ1) is 11.9. The van der Waals surface area contributed by atoms with Crippen molar-refractivity contribution in [2.24, 2.45) is 0 Å². The molecule has 2 amide bonds. The Morgan fingerprint density at radius 2 is 1.68 bits per heavy atom. The van der Waals surface area contributed by atoms with Crippen molar-refractivity contribution in [3.63, 3.8) is 0 Å². The second-order valence-corrected chi connectivity index (χ2v) is 6.33. The van der Waals surface area contributed by atoms with E-state index in [1.807, 2.05) is 30.1 Å². The van der Waals surface area contributed by atoms with E-state index < -0.39 is 0 Å². The molecule has 25 heavy (non-hydrogen) atoms. The van der Waals surface area contributed by atoms with Gasteiger partial charge in [0.15, 0.2) is 0 Å². The number of hydrogen-bond acceptors (Lipinski definition) is 3. The van der Waals surface area contributed by atoms with Gasteiger partial charge in [-0.05, 0) is 37.7 Å². The molecular formula is C20H25N3O2. The van der Waals surface area contributed by atoms with Crippen LogP contribution in [0.25, 0.3) is 0 Å². The first kappa shape index (κ1) is 18.7. The molecule has 0 unspecified atom stereocenters. The van der Waals surface area contributed by atoms with E-state index in [0.29, 0.717) is 11.3 Å². The fourth-order valence-corrected chi connectivity index (χ4v) is 2.54. The monoisotopic (exact) mass is 339 g/mol. The summed E-state index contributed by atoms with van der Waals surface area (Å²) in [4.78, 5) is 27.8. The summed E-state index contributed by atoms with van der Waals surface area (Å²) in [6.45, 7) is 2.33. The van der Waals surface area contributed by atoms with E-state index in [-0.39, 0.29) is 24.4 Å². The Kier molecular flexibility index (Phi) is 6.31. The van der Waals surface area contributed by atoms with E-state index in [4.69, 9.17) is 0 Å². The summed E-state index contributed by atoms with van der Waals surface area (Å²) in [5.74, 6) is -0.203. The van der Waals surface area contributed by atoms with Crippen LogP contribution >= 0.6 is 0 Å². The van der Waals surface area contributed by atoms with E-state index in [0.717, 1.165) is 5.56 Å². The quantitative estimate of drug-likeness (QED) is 0.880. The predicted molar refractivity (Wildman–Crippen MR) is 101 cm³/mol. The molecule has 2 aromatic carbocycles. The SMILES string of the molecule is C[C@@H](c1ccccc1)N(C)CC(=O)Nc1cccc(C(=O)N(C)C)c1. The Balaban J connectivity index is 1.98. The number of carbonyl (C=O) groups excluding carboxylic acids is 2. The van der Waals surface area contributed by atoms with Gasteiger partial charge in [-0.15, -0.1) is 0 Å². The molecule has 0 aliphatic heterocycles. The van der Waals surface area contributed by atoms with Crippen LogP contribution in [0.2, 0.25) is 0 Å². The molecule has 2 rings (SSSR count). The van der Waals surface area contributed by atoms with Gasteiger partial charge in [-0.25, -0.2) is 0 Å². The van der Waals surface area contributed by atoms with Crippen LogP contribution in [0.15, 0.2) is 54.6 Å². The van der Waals surface area contributed by atoms with Crippen LogP contribution in [0.4, 0.5) is 5.69 Å². The third kappa shape index (κ3) is 5.16. The molecule has 0 radical (unpaired) electrons. The van der Waals surface area contributed by atoms with Crippen molar-refractivity contribution in [3.8, 4) is 0 Å². The fourth-order valence-electron chi connectivity index (χ4n) is 2.54. The maximum Gasteiger partial charge on any atom is 0.253 e. The highest BCUT2D eigenvalue weighted by Crippen LogP contribution is 2.18. The van der Waals surface area contributed by atoms with E-state index in [1.54, 1.807) is 38.4 Å². The summed E-state index contributed by atoms with van der Waals surface area (Å²) in [5, 5.41) is 2.86. The zero-order valence-electron chi connectivity index (χ0n) is 15.2. The van der Waals surface area contributed by atoms with Gasteiger partial charge in [0.05, 0.1) is 6.54 Å². The smallest absolute Gasteiger partial charge is 0.253 e. The van der Waals surface area contributed by atoms with E-state index >= 15 is 0 Å². The molecule has 2 aromatic rings. The number of anilines is 1. The lowest BCUT2D eigenvalue weighted by Gasteiger charge is -2.24. The maximum absolute atomic E-state index is 12.3. The van der Waals surface area contributed by atoms with Crippen molar-refractivity contribution < 1.29 is 9.59 Å². The lowest BCUT2D eigenvalue weighted by atomic mass is 10.1. The third-order valence-corrected chi connectivity index (χ3v) is 4.14. The summed E-state index contributed by atoms with van der Waals surface area (Å²) in [6.07, 6.45) is 0. The van der Waals surface area contributed by atoms with Gasteiger partial charge in [0.1, 0.15) is 0 Å². The minimum Gasteiger partial charge on any atom is -0.345 e. The van der Waals surface area contributed by atoms with E-state index in [1.165, 1.54) is 4.90 Å². The lowest BCUT2D eigenvalue weighted by molar-refractivity contribution is -0.117. The molecule has 1 atom stereocenters. The predicted octanol–water partition coefficient (Wildman–Crippen LogP) is 3.02. The van der Waals surface area contributed by atoms with E-state index in [2.05, 4.69) is 24.4 Å². The Bertz CT molecular complexity index is 729. The second-order valence-electron chi connectivity index (χ2n) is 6.33. The minimum absolute atomic E-state index is 0.0917. The average molecular weight is 339 g/mol. The van der Waals surface area contributed by atoms with Crippen LogP contribution in [0, 0.1) is 0 Å². The number of rotatable bonds is 6. The van der Waals surface area contributed by atoms with Crippen molar-refractivity contribution in [1.29, 1.82) is 0 Å². The first-order valence-electron chi connectivity index (χ1n) is 8.25. The molecule has 0 aliphatic carbocycles. The summed E-state index contributed by atoms with van der Waals surface area (Å²) in [6, 6.07) is 17.2. The lowest BCUT2D eigenvalue weighted by Crippen LogP contribution is -2.32. The van der Waals surface area contributed by atoms with Crippen LogP contribution in [0.1, 0.15) is 28.9 Å². The van der Waals surface area contributed by atoms with Gasteiger partial charge < -0.3 is 10.2 Å². The topological polar surface area (TPSA) is 52.7 Å². The number of nitrogens with one attached hydrogen (secondary N) is 1. The van der Waals surface area contributed by atoms with Crippen LogP contribution in [0.3, 0.4) is 0 Å². The summed E-state index contributed by atoms with van der Waals surface area (Å²) < 4.78 is 0. The largest absolute Gasteiger partial charge is 0.345 e. The van der Waals surface area contributed by atoms with Crippen molar-refractivity contribution in [3.05, 3.63) is 65.7 Å².